The minimum absolute atomic E-state index is 0.506. The average Bonchev–Trinajstić information content (AvgIpc) is 3.39. The minimum atomic E-state index is 0.506. The molecule has 1 nitrogen and oxygen atoms in total. The zero-order valence-corrected chi connectivity index (χ0v) is 24.0. The Morgan fingerprint density at radius 2 is 1.23 bits per heavy atom. The van der Waals surface area contributed by atoms with Crippen molar-refractivity contribution in [3.05, 3.63) is 145 Å². The zero-order valence-electron chi connectivity index (χ0n) is 24.0. The van der Waals surface area contributed by atoms with Gasteiger partial charge in [0.1, 0.15) is 0 Å². The van der Waals surface area contributed by atoms with E-state index in [1.165, 1.54) is 82.4 Å². The Bertz CT molecular complexity index is 2320. The van der Waals surface area contributed by atoms with E-state index in [0.717, 1.165) is 12.1 Å². The third kappa shape index (κ3) is 3.55. The summed E-state index contributed by atoms with van der Waals surface area (Å²) >= 11 is 0. The van der Waals surface area contributed by atoms with Crippen LogP contribution >= 0.6 is 0 Å². The predicted molar refractivity (Wildman–Crippen MR) is 183 cm³/mol. The van der Waals surface area contributed by atoms with E-state index in [-0.39, 0.29) is 0 Å². The van der Waals surface area contributed by atoms with Crippen molar-refractivity contribution in [1.29, 1.82) is 0 Å². The average molecular weight is 548 g/mol. The minimum Gasteiger partial charge on any atom is -0.256 e. The fraction of sp³-hybridized carbons (Fsp3) is 0.0714. The van der Waals surface area contributed by atoms with Gasteiger partial charge in [-0.15, -0.1) is 0 Å². The van der Waals surface area contributed by atoms with Gasteiger partial charge in [-0.1, -0.05) is 134 Å². The highest BCUT2D eigenvalue weighted by Crippen LogP contribution is 2.58. The smallest absolute Gasteiger partial charge is 0.0786 e. The Hall–Kier alpha value is -5.27. The van der Waals surface area contributed by atoms with E-state index in [2.05, 4.69) is 140 Å². The lowest BCUT2D eigenvalue weighted by atomic mass is 9.80. The van der Waals surface area contributed by atoms with Crippen LogP contribution in [0.2, 0.25) is 0 Å². The Kier molecular flexibility index (Phi) is 5.31. The number of hydrogen-bond acceptors (Lipinski definition) is 1. The van der Waals surface area contributed by atoms with Gasteiger partial charge in [0.15, 0.2) is 0 Å². The summed E-state index contributed by atoms with van der Waals surface area (Å²) in [5, 5.41) is 7.63. The molecule has 0 spiro atoms. The van der Waals surface area contributed by atoms with Crippen molar-refractivity contribution in [2.24, 2.45) is 5.92 Å². The largest absolute Gasteiger partial charge is 0.256 e. The number of nitrogens with zero attached hydrogens (tertiary/aromatic N) is 1. The molecule has 0 saturated heterocycles. The number of hydrogen-bond donors (Lipinski definition) is 0. The highest BCUT2D eigenvalue weighted by Gasteiger charge is 2.32. The van der Waals surface area contributed by atoms with E-state index in [1.54, 1.807) is 0 Å². The number of pyridine rings is 1. The summed E-state index contributed by atoms with van der Waals surface area (Å²) in [5.41, 5.74) is 13.0. The van der Waals surface area contributed by atoms with Gasteiger partial charge in [0.05, 0.1) is 5.69 Å². The van der Waals surface area contributed by atoms with Crippen molar-refractivity contribution in [1.82, 2.24) is 4.98 Å². The molecule has 1 unspecified atom stereocenters. The molecule has 0 bridgehead atoms. The van der Waals surface area contributed by atoms with E-state index in [0.29, 0.717) is 5.92 Å². The fourth-order valence-electron chi connectivity index (χ4n) is 7.61. The second-order valence-corrected chi connectivity index (χ2v) is 11.9. The van der Waals surface area contributed by atoms with E-state index in [1.807, 2.05) is 6.20 Å². The maximum atomic E-state index is 4.95. The van der Waals surface area contributed by atoms with Gasteiger partial charge in [-0.25, -0.2) is 0 Å². The number of rotatable bonds is 3. The van der Waals surface area contributed by atoms with Crippen LogP contribution in [-0.4, -0.2) is 4.98 Å². The van der Waals surface area contributed by atoms with Crippen molar-refractivity contribution in [3.63, 3.8) is 0 Å². The zero-order chi connectivity index (χ0) is 28.5. The van der Waals surface area contributed by atoms with Gasteiger partial charge < -0.3 is 0 Å². The molecule has 0 saturated carbocycles. The van der Waals surface area contributed by atoms with Crippen molar-refractivity contribution < 1.29 is 0 Å². The van der Waals surface area contributed by atoms with Crippen molar-refractivity contribution in [2.75, 3.05) is 0 Å². The molecular weight excluding hydrogens is 518 g/mol. The van der Waals surface area contributed by atoms with E-state index < -0.39 is 0 Å². The fourth-order valence-corrected chi connectivity index (χ4v) is 7.61. The summed E-state index contributed by atoms with van der Waals surface area (Å²) < 4.78 is 0. The van der Waals surface area contributed by atoms with Crippen LogP contribution in [0, 0.1) is 5.92 Å². The molecule has 2 aliphatic rings. The SMILES string of the molecule is CC1C=CC=C(c2c3c(c(-c4ccccc4)c4ccccc24)-c2cccc4c(-c5nccc6ccccc56)ccc-3c24)C1. The molecule has 0 amide bonds. The first kappa shape index (κ1) is 24.3. The molecule has 6 aromatic carbocycles. The van der Waals surface area contributed by atoms with Crippen molar-refractivity contribution in [3.8, 4) is 44.6 Å². The highest BCUT2D eigenvalue weighted by molar-refractivity contribution is 6.27. The summed E-state index contributed by atoms with van der Waals surface area (Å²) in [7, 11) is 0. The van der Waals surface area contributed by atoms with Gasteiger partial charge in [-0.2, -0.15) is 0 Å². The van der Waals surface area contributed by atoms with Crippen molar-refractivity contribution in [2.45, 2.75) is 13.3 Å². The first-order valence-corrected chi connectivity index (χ1v) is 15.2. The summed E-state index contributed by atoms with van der Waals surface area (Å²) in [6, 6.07) is 42.2. The third-order valence-electron chi connectivity index (χ3n) is 9.39. The number of aromatic nitrogens is 1. The Labute approximate surface area is 251 Å². The molecule has 43 heavy (non-hydrogen) atoms. The Balaban J connectivity index is 1.45. The molecule has 9 rings (SSSR count). The summed E-state index contributed by atoms with van der Waals surface area (Å²) in [4.78, 5) is 4.95. The van der Waals surface area contributed by atoms with E-state index in [4.69, 9.17) is 4.98 Å². The van der Waals surface area contributed by atoms with Crippen LogP contribution in [0.3, 0.4) is 0 Å². The molecular formula is C42H29N. The topological polar surface area (TPSA) is 12.9 Å². The van der Waals surface area contributed by atoms with Gasteiger partial charge in [-0.3, -0.25) is 4.98 Å². The van der Waals surface area contributed by atoms with Crippen LogP contribution in [-0.2, 0) is 0 Å². The van der Waals surface area contributed by atoms with Gasteiger partial charge in [0.25, 0.3) is 0 Å². The van der Waals surface area contributed by atoms with E-state index in [9.17, 15) is 0 Å². The monoisotopic (exact) mass is 547 g/mol. The quantitative estimate of drug-likeness (QED) is 0.214. The maximum absolute atomic E-state index is 4.95. The molecule has 1 heteroatoms. The van der Waals surface area contributed by atoms with Crippen LogP contribution < -0.4 is 0 Å². The lowest BCUT2D eigenvalue weighted by Crippen LogP contribution is -2.01. The van der Waals surface area contributed by atoms with Crippen LogP contribution in [0.1, 0.15) is 18.9 Å². The maximum Gasteiger partial charge on any atom is 0.0786 e. The van der Waals surface area contributed by atoms with Gasteiger partial charge in [-0.05, 0) is 89.9 Å². The summed E-state index contributed by atoms with van der Waals surface area (Å²) in [6.45, 7) is 2.32. The molecule has 0 fully saturated rings. The number of fused-ring (bicyclic) bond motifs is 5. The molecule has 0 N–H and O–H groups in total. The molecule has 0 radical (unpaired) electrons. The molecule has 202 valence electrons. The predicted octanol–water partition coefficient (Wildman–Crippen LogP) is 11.5. The van der Waals surface area contributed by atoms with Gasteiger partial charge in [0, 0.05) is 17.1 Å². The Morgan fingerprint density at radius 3 is 2.07 bits per heavy atom. The Morgan fingerprint density at radius 1 is 0.558 bits per heavy atom. The lowest BCUT2D eigenvalue weighted by molar-refractivity contribution is 0.749. The van der Waals surface area contributed by atoms with Crippen LogP contribution in [0.15, 0.2) is 140 Å². The third-order valence-corrected chi connectivity index (χ3v) is 9.39. The van der Waals surface area contributed by atoms with Gasteiger partial charge >= 0.3 is 0 Å². The molecule has 7 aromatic rings. The lowest BCUT2D eigenvalue weighted by Gasteiger charge is -2.23. The first-order chi connectivity index (χ1) is 21.3. The molecule has 1 aromatic heterocycles. The molecule has 1 heterocycles. The molecule has 2 aliphatic carbocycles. The van der Waals surface area contributed by atoms with Crippen LogP contribution in [0.5, 0.6) is 0 Å². The standard InChI is InChI=1S/C42H29N/c1-26-11-9-15-29(25-26)38-32-18-8-7-17-31(32)37(28-13-3-2-4-14-28)40-35-20-10-19-33-34(21-22-36(39(33)35)41(38)40)42-30-16-6-5-12-27(30)23-24-43-42/h2-24,26H,25H2,1H3. The normalized spacial score (nSPS) is 15.3. The summed E-state index contributed by atoms with van der Waals surface area (Å²) in [6.07, 6.45) is 9.90. The van der Waals surface area contributed by atoms with E-state index >= 15 is 0 Å². The van der Waals surface area contributed by atoms with Crippen LogP contribution in [0.25, 0.3) is 82.5 Å². The second kappa shape index (κ2) is 9.37. The first-order valence-electron chi connectivity index (χ1n) is 15.2. The van der Waals surface area contributed by atoms with Gasteiger partial charge in [0.2, 0.25) is 0 Å². The number of benzene rings is 6. The molecule has 1 atom stereocenters. The van der Waals surface area contributed by atoms with Crippen LogP contribution in [0.4, 0.5) is 0 Å². The summed E-state index contributed by atoms with van der Waals surface area (Å²) in [5.74, 6) is 0.506. The molecule has 0 aliphatic heterocycles. The second-order valence-electron chi connectivity index (χ2n) is 11.9. The number of allylic oxidation sites excluding steroid dienone is 4. The highest BCUT2D eigenvalue weighted by atomic mass is 14.7. The van der Waals surface area contributed by atoms with Crippen molar-refractivity contribution >= 4 is 37.9 Å².